The van der Waals surface area contributed by atoms with Crippen molar-refractivity contribution >= 4 is 11.9 Å². The Kier molecular flexibility index (Phi) is 3.68. The predicted octanol–water partition coefficient (Wildman–Crippen LogP) is 1.60. The number of hydrogen-bond acceptors (Lipinski definition) is 7. The standard InChI is InChI=1S/C18H18O7/c1-21-18(22-2)14(19)12-8-9-17(18,15-13(12)24-16(20)25-15)23-10-11-6-4-3-5-7-11/h3-9,12-13,15H,10H2,1-2H3. The predicted molar refractivity (Wildman–Crippen MR) is 83.5 cm³/mol. The van der Waals surface area contributed by atoms with Crippen molar-refractivity contribution in [2.45, 2.75) is 30.2 Å². The van der Waals surface area contributed by atoms with Gasteiger partial charge >= 0.3 is 6.16 Å². The van der Waals surface area contributed by atoms with Gasteiger partial charge in [0.1, 0.15) is 0 Å². The van der Waals surface area contributed by atoms with Crippen LogP contribution in [0.2, 0.25) is 0 Å². The molecule has 1 saturated heterocycles. The first-order valence-electron chi connectivity index (χ1n) is 7.97. The number of ketones is 1. The van der Waals surface area contributed by atoms with Crippen LogP contribution in [0.15, 0.2) is 42.5 Å². The number of methoxy groups -OCH3 is 2. The van der Waals surface area contributed by atoms with Crippen molar-refractivity contribution in [1.82, 2.24) is 0 Å². The summed E-state index contributed by atoms with van der Waals surface area (Å²) < 4.78 is 27.7. The molecule has 1 aromatic rings. The molecule has 4 atom stereocenters. The fourth-order valence-corrected chi connectivity index (χ4v) is 3.97. The molecule has 0 spiro atoms. The van der Waals surface area contributed by atoms with E-state index in [4.69, 9.17) is 23.7 Å². The normalized spacial score (nSPS) is 34.6. The molecular weight excluding hydrogens is 328 g/mol. The minimum absolute atomic E-state index is 0.179. The van der Waals surface area contributed by atoms with E-state index in [0.29, 0.717) is 0 Å². The van der Waals surface area contributed by atoms with Crippen LogP contribution in [0.1, 0.15) is 5.56 Å². The van der Waals surface area contributed by atoms with E-state index >= 15 is 0 Å². The molecule has 0 amide bonds. The van der Waals surface area contributed by atoms with Gasteiger partial charge in [-0.25, -0.2) is 4.79 Å². The van der Waals surface area contributed by atoms with Gasteiger partial charge in [-0.3, -0.25) is 4.79 Å². The number of ether oxygens (including phenoxy) is 5. The maximum Gasteiger partial charge on any atom is 0.509 e. The summed E-state index contributed by atoms with van der Waals surface area (Å²) in [5.74, 6) is -2.76. The third-order valence-electron chi connectivity index (χ3n) is 5.12. The second-order valence-corrected chi connectivity index (χ2v) is 6.21. The fourth-order valence-electron chi connectivity index (χ4n) is 3.97. The molecule has 7 heteroatoms. The Morgan fingerprint density at radius 2 is 1.80 bits per heavy atom. The third kappa shape index (κ3) is 2.03. The molecule has 1 aliphatic heterocycles. The molecule has 1 aromatic carbocycles. The zero-order valence-corrected chi connectivity index (χ0v) is 13.8. The smallest absolute Gasteiger partial charge is 0.426 e. The molecule has 4 unspecified atom stereocenters. The van der Waals surface area contributed by atoms with Crippen LogP contribution < -0.4 is 0 Å². The lowest BCUT2D eigenvalue weighted by Crippen LogP contribution is -2.77. The van der Waals surface area contributed by atoms with E-state index in [1.807, 2.05) is 30.3 Å². The summed E-state index contributed by atoms with van der Waals surface area (Å²) in [6.07, 6.45) is 0.952. The fraction of sp³-hybridized carbons (Fsp3) is 0.444. The molecule has 4 aliphatic rings. The van der Waals surface area contributed by atoms with Crippen LogP contribution in [0, 0.1) is 5.92 Å². The van der Waals surface area contributed by atoms with Crippen molar-refractivity contribution in [1.29, 1.82) is 0 Å². The molecule has 5 rings (SSSR count). The van der Waals surface area contributed by atoms with Gasteiger partial charge in [0.25, 0.3) is 5.79 Å². The lowest BCUT2D eigenvalue weighted by molar-refractivity contribution is -0.320. The summed E-state index contributed by atoms with van der Waals surface area (Å²) in [5.41, 5.74) is -0.539. The van der Waals surface area contributed by atoms with Gasteiger partial charge in [-0.15, -0.1) is 0 Å². The lowest BCUT2D eigenvalue weighted by atomic mass is 9.64. The molecule has 2 fully saturated rings. The highest BCUT2D eigenvalue weighted by Gasteiger charge is 2.76. The highest BCUT2D eigenvalue weighted by atomic mass is 16.8. The van der Waals surface area contributed by atoms with E-state index in [1.165, 1.54) is 14.2 Å². The number of Topliss-reactive ketones (excluding diaryl/α,β-unsaturated/α-hetero) is 1. The minimum atomic E-state index is -1.71. The van der Waals surface area contributed by atoms with Gasteiger partial charge in [0, 0.05) is 14.2 Å². The first-order valence-corrected chi connectivity index (χ1v) is 7.97. The van der Waals surface area contributed by atoms with E-state index in [9.17, 15) is 9.59 Å². The number of rotatable bonds is 5. The molecule has 0 radical (unpaired) electrons. The van der Waals surface area contributed by atoms with E-state index in [1.54, 1.807) is 12.2 Å². The van der Waals surface area contributed by atoms with Gasteiger partial charge in [0.05, 0.1) is 12.5 Å². The maximum atomic E-state index is 13.0. The largest absolute Gasteiger partial charge is 0.509 e. The third-order valence-corrected chi connectivity index (χ3v) is 5.12. The Labute approximate surface area is 144 Å². The van der Waals surface area contributed by atoms with Gasteiger partial charge in [0.2, 0.25) is 5.78 Å². The minimum Gasteiger partial charge on any atom is -0.426 e. The van der Waals surface area contributed by atoms with Gasteiger partial charge in [-0.1, -0.05) is 36.4 Å². The zero-order chi connectivity index (χ0) is 17.7. The quantitative estimate of drug-likeness (QED) is 0.455. The van der Waals surface area contributed by atoms with Crippen LogP contribution in [-0.2, 0) is 35.1 Å². The van der Waals surface area contributed by atoms with Crippen molar-refractivity contribution in [3.05, 3.63) is 48.0 Å². The molecule has 7 nitrogen and oxygen atoms in total. The van der Waals surface area contributed by atoms with Crippen LogP contribution in [0.25, 0.3) is 0 Å². The molecule has 0 aromatic heterocycles. The number of carbonyl (C=O) groups is 2. The number of fused-ring (bicyclic) bond motifs is 1. The average molecular weight is 346 g/mol. The van der Waals surface area contributed by atoms with Crippen LogP contribution in [0.3, 0.4) is 0 Å². The number of benzene rings is 1. The Morgan fingerprint density at radius 3 is 2.48 bits per heavy atom. The molecule has 3 aliphatic carbocycles. The van der Waals surface area contributed by atoms with Crippen molar-refractivity contribution in [3.63, 3.8) is 0 Å². The molecule has 132 valence electrons. The van der Waals surface area contributed by atoms with E-state index in [-0.39, 0.29) is 12.4 Å². The Morgan fingerprint density at radius 1 is 1.08 bits per heavy atom. The van der Waals surface area contributed by atoms with Crippen LogP contribution in [-0.4, -0.2) is 49.8 Å². The van der Waals surface area contributed by atoms with Crippen molar-refractivity contribution in [2.24, 2.45) is 5.92 Å². The Hall–Kier alpha value is -2.22. The number of carbonyl (C=O) groups excluding carboxylic acids is 2. The monoisotopic (exact) mass is 346 g/mol. The van der Waals surface area contributed by atoms with Crippen molar-refractivity contribution in [2.75, 3.05) is 14.2 Å². The first-order chi connectivity index (χ1) is 12.1. The van der Waals surface area contributed by atoms with Crippen LogP contribution >= 0.6 is 0 Å². The summed E-state index contributed by atoms with van der Waals surface area (Å²) in [7, 11) is 2.74. The highest BCUT2D eigenvalue weighted by molar-refractivity contribution is 5.95. The molecule has 0 N–H and O–H groups in total. The topological polar surface area (TPSA) is 80.3 Å². The van der Waals surface area contributed by atoms with Crippen LogP contribution in [0.4, 0.5) is 4.79 Å². The van der Waals surface area contributed by atoms with Crippen molar-refractivity contribution in [3.8, 4) is 0 Å². The van der Waals surface area contributed by atoms with Gasteiger partial charge in [0.15, 0.2) is 17.8 Å². The number of hydrogen-bond donors (Lipinski definition) is 0. The second-order valence-electron chi connectivity index (χ2n) is 6.21. The summed E-state index contributed by atoms with van der Waals surface area (Å²) >= 11 is 0. The van der Waals surface area contributed by atoms with Gasteiger partial charge < -0.3 is 23.7 Å². The molecular formula is C18H18O7. The van der Waals surface area contributed by atoms with Crippen molar-refractivity contribution < 1.29 is 33.3 Å². The van der Waals surface area contributed by atoms with E-state index in [0.717, 1.165) is 5.56 Å². The maximum absolute atomic E-state index is 13.0. The van der Waals surface area contributed by atoms with E-state index < -0.39 is 35.7 Å². The SMILES string of the molecule is COC1(OC)C(=O)C2C=CC1(OCc1ccccc1)C1OC(=O)OC21. The zero-order valence-electron chi connectivity index (χ0n) is 13.8. The lowest BCUT2D eigenvalue weighted by Gasteiger charge is -2.55. The Bertz CT molecular complexity index is 724. The summed E-state index contributed by atoms with van der Waals surface area (Å²) in [5, 5.41) is 0. The summed E-state index contributed by atoms with van der Waals surface area (Å²) in [4.78, 5) is 24.7. The molecule has 1 heterocycles. The summed E-state index contributed by atoms with van der Waals surface area (Å²) in [6, 6.07) is 9.46. The molecule has 2 bridgehead atoms. The first kappa shape index (κ1) is 16.3. The second kappa shape index (κ2) is 5.66. The average Bonchev–Trinajstić information content (AvgIpc) is 3.05. The van der Waals surface area contributed by atoms with Gasteiger partial charge in [-0.2, -0.15) is 0 Å². The van der Waals surface area contributed by atoms with E-state index in [2.05, 4.69) is 0 Å². The molecule has 25 heavy (non-hydrogen) atoms. The molecule has 1 saturated carbocycles. The highest BCUT2D eigenvalue weighted by Crippen LogP contribution is 2.52. The Balaban J connectivity index is 1.78. The van der Waals surface area contributed by atoms with Crippen LogP contribution in [0.5, 0.6) is 0 Å². The summed E-state index contributed by atoms with van der Waals surface area (Å²) in [6.45, 7) is 0.179. The van der Waals surface area contributed by atoms with Gasteiger partial charge in [-0.05, 0) is 11.6 Å².